The number of ether oxygens (including phenoxy) is 6. The highest BCUT2D eigenvalue weighted by Crippen LogP contribution is 2.29. The number of nitrogen functional groups attached to an aromatic ring is 2. The van der Waals surface area contributed by atoms with Gasteiger partial charge in [0.25, 0.3) is 0 Å². The summed E-state index contributed by atoms with van der Waals surface area (Å²) in [6.07, 6.45) is 0. The van der Waals surface area contributed by atoms with Crippen molar-refractivity contribution in [3.63, 3.8) is 0 Å². The zero-order valence-corrected chi connectivity index (χ0v) is 16.3. The summed E-state index contributed by atoms with van der Waals surface area (Å²) in [5, 5.41) is 0. The first-order valence-electron chi connectivity index (χ1n) is 8.92. The highest BCUT2D eigenvalue weighted by Gasteiger charge is 2.05. The number of benzene rings is 2. The first kappa shape index (κ1) is 21.5. The molecule has 0 bridgehead atoms. The summed E-state index contributed by atoms with van der Waals surface area (Å²) in [7, 11) is 3.15. The van der Waals surface area contributed by atoms with Crippen LogP contribution in [0.4, 0.5) is 11.4 Å². The predicted octanol–water partition coefficient (Wildman–Crippen LogP) is 2.36. The number of hydrogen-bond donors (Lipinski definition) is 2. The van der Waals surface area contributed by atoms with Crippen molar-refractivity contribution in [3.8, 4) is 23.0 Å². The predicted molar refractivity (Wildman–Crippen MR) is 107 cm³/mol. The molecule has 0 fully saturated rings. The Hall–Kier alpha value is -2.84. The van der Waals surface area contributed by atoms with E-state index >= 15 is 0 Å². The molecule has 2 rings (SSSR count). The van der Waals surface area contributed by atoms with E-state index in [4.69, 9.17) is 39.9 Å². The van der Waals surface area contributed by atoms with Gasteiger partial charge in [-0.1, -0.05) is 0 Å². The topological polar surface area (TPSA) is 107 Å². The second-order valence-electron chi connectivity index (χ2n) is 5.74. The standard InChI is InChI=1S/C20H28N2O6/c1-23-17-5-3-16(22)14-20(17)28-12-10-26-8-7-25-9-11-27-18-6-4-15(21)13-19(18)24-2/h3-6,13-14H,7-12,21-22H2,1-2H3. The van der Waals surface area contributed by atoms with Gasteiger partial charge in [-0.3, -0.25) is 0 Å². The molecule has 0 radical (unpaired) electrons. The van der Waals surface area contributed by atoms with Crippen LogP contribution in [0.2, 0.25) is 0 Å². The van der Waals surface area contributed by atoms with Crippen LogP contribution in [-0.4, -0.2) is 53.9 Å². The smallest absolute Gasteiger partial charge is 0.163 e. The number of anilines is 2. The molecule has 8 nitrogen and oxygen atoms in total. The highest BCUT2D eigenvalue weighted by atomic mass is 16.6. The van der Waals surface area contributed by atoms with Crippen LogP contribution >= 0.6 is 0 Å². The average molecular weight is 392 g/mol. The third-order valence-electron chi connectivity index (χ3n) is 3.72. The molecule has 8 heteroatoms. The Balaban J connectivity index is 1.52. The fraction of sp³-hybridized carbons (Fsp3) is 0.400. The molecule has 0 aliphatic rings. The molecule has 0 saturated carbocycles. The molecule has 0 aliphatic carbocycles. The summed E-state index contributed by atoms with van der Waals surface area (Å²) >= 11 is 0. The molecular formula is C20H28N2O6. The molecule has 0 amide bonds. The van der Waals surface area contributed by atoms with Crippen molar-refractivity contribution in [2.24, 2.45) is 0 Å². The SMILES string of the molecule is COc1cc(N)ccc1OCCOCCOCCOc1cc(N)ccc1OC. The minimum absolute atomic E-state index is 0.389. The minimum Gasteiger partial charge on any atom is -0.493 e. The zero-order chi connectivity index (χ0) is 20.2. The van der Waals surface area contributed by atoms with Crippen LogP contribution in [0, 0.1) is 0 Å². The van der Waals surface area contributed by atoms with E-state index in [2.05, 4.69) is 0 Å². The molecule has 28 heavy (non-hydrogen) atoms. The maximum absolute atomic E-state index is 5.75. The normalized spacial score (nSPS) is 10.5. The van der Waals surface area contributed by atoms with Gasteiger partial charge in [-0.25, -0.2) is 0 Å². The van der Waals surface area contributed by atoms with Gasteiger partial charge in [0.05, 0.1) is 40.6 Å². The summed E-state index contributed by atoms with van der Waals surface area (Å²) in [6, 6.07) is 10.5. The van der Waals surface area contributed by atoms with E-state index in [-0.39, 0.29) is 0 Å². The maximum Gasteiger partial charge on any atom is 0.163 e. The Bertz CT molecular complexity index is 726. The molecule has 0 heterocycles. The minimum atomic E-state index is 0.389. The molecule has 0 atom stereocenters. The van der Waals surface area contributed by atoms with Gasteiger partial charge in [0.15, 0.2) is 23.0 Å². The monoisotopic (exact) mass is 392 g/mol. The summed E-state index contributed by atoms with van der Waals surface area (Å²) in [6.45, 7) is 2.58. The Kier molecular flexibility index (Phi) is 9.03. The van der Waals surface area contributed by atoms with Gasteiger partial charge in [-0.15, -0.1) is 0 Å². The second kappa shape index (κ2) is 11.8. The number of hydrogen-bond acceptors (Lipinski definition) is 8. The lowest BCUT2D eigenvalue weighted by molar-refractivity contribution is 0.0269. The van der Waals surface area contributed by atoms with Crippen molar-refractivity contribution in [3.05, 3.63) is 36.4 Å². The van der Waals surface area contributed by atoms with Gasteiger partial charge in [0.1, 0.15) is 13.2 Å². The van der Waals surface area contributed by atoms with Crippen LogP contribution in [-0.2, 0) is 9.47 Å². The lowest BCUT2D eigenvalue weighted by Crippen LogP contribution is -2.13. The van der Waals surface area contributed by atoms with Crippen molar-refractivity contribution in [1.29, 1.82) is 0 Å². The van der Waals surface area contributed by atoms with Gasteiger partial charge in [-0.2, -0.15) is 0 Å². The van der Waals surface area contributed by atoms with E-state index in [1.165, 1.54) is 0 Å². The lowest BCUT2D eigenvalue weighted by Gasteiger charge is -2.12. The highest BCUT2D eigenvalue weighted by molar-refractivity contribution is 5.52. The van der Waals surface area contributed by atoms with Crippen molar-refractivity contribution >= 4 is 11.4 Å². The van der Waals surface area contributed by atoms with E-state index in [0.29, 0.717) is 74.0 Å². The third-order valence-corrected chi connectivity index (χ3v) is 3.72. The summed E-state index contributed by atoms with van der Waals surface area (Å²) in [4.78, 5) is 0. The van der Waals surface area contributed by atoms with Crippen molar-refractivity contribution in [2.45, 2.75) is 0 Å². The summed E-state index contributed by atoms with van der Waals surface area (Å²) < 4.78 is 32.6. The fourth-order valence-electron chi connectivity index (χ4n) is 2.35. The van der Waals surface area contributed by atoms with Gasteiger partial charge < -0.3 is 39.9 Å². The molecule has 0 aliphatic heterocycles. The second-order valence-corrected chi connectivity index (χ2v) is 5.74. The molecule has 0 unspecified atom stereocenters. The first-order valence-corrected chi connectivity index (χ1v) is 8.92. The molecule has 0 aromatic heterocycles. The fourth-order valence-corrected chi connectivity index (χ4v) is 2.35. The molecule has 2 aromatic rings. The molecule has 154 valence electrons. The molecule has 4 N–H and O–H groups in total. The molecule has 0 spiro atoms. The van der Waals surface area contributed by atoms with Gasteiger partial charge in [0, 0.05) is 23.5 Å². The zero-order valence-electron chi connectivity index (χ0n) is 16.3. The van der Waals surface area contributed by atoms with Crippen molar-refractivity contribution < 1.29 is 28.4 Å². The number of rotatable bonds is 13. The van der Waals surface area contributed by atoms with E-state index < -0.39 is 0 Å². The number of nitrogens with two attached hydrogens (primary N) is 2. The Morgan fingerprint density at radius 3 is 1.61 bits per heavy atom. The van der Waals surface area contributed by atoms with Gasteiger partial charge >= 0.3 is 0 Å². The maximum atomic E-state index is 5.75. The quantitative estimate of drug-likeness (QED) is 0.395. The summed E-state index contributed by atoms with van der Waals surface area (Å²) in [5.41, 5.74) is 12.7. The van der Waals surface area contributed by atoms with Crippen molar-refractivity contribution in [1.82, 2.24) is 0 Å². The third kappa shape index (κ3) is 7.05. The largest absolute Gasteiger partial charge is 0.493 e. The molecular weight excluding hydrogens is 364 g/mol. The molecule has 0 saturated heterocycles. The van der Waals surface area contributed by atoms with E-state index in [0.717, 1.165) is 0 Å². The van der Waals surface area contributed by atoms with Crippen LogP contribution < -0.4 is 30.4 Å². The molecule has 2 aromatic carbocycles. The van der Waals surface area contributed by atoms with Crippen LogP contribution in [0.15, 0.2) is 36.4 Å². The van der Waals surface area contributed by atoms with E-state index in [1.54, 1.807) is 50.6 Å². The van der Waals surface area contributed by atoms with Gasteiger partial charge in [0.2, 0.25) is 0 Å². The van der Waals surface area contributed by atoms with Crippen molar-refractivity contribution in [2.75, 3.05) is 65.3 Å². The Labute approximate surface area is 165 Å². The van der Waals surface area contributed by atoms with Gasteiger partial charge in [-0.05, 0) is 24.3 Å². The van der Waals surface area contributed by atoms with E-state index in [9.17, 15) is 0 Å². The summed E-state index contributed by atoms with van der Waals surface area (Å²) in [5.74, 6) is 2.46. The van der Waals surface area contributed by atoms with Crippen LogP contribution in [0.25, 0.3) is 0 Å². The van der Waals surface area contributed by atoms with E-state index in [1.807, 2.05) is 0 Å². The first-order chi connectivity index (χ1) is 13.6. The van der Waals surface area contributed by atoms with Crippen LogP contribution in [0.3, 0.4) is 0 Å². The Morgan fingerprint density at radius 1 is 0.571 bits per heavy atom. The van der Waals surface area contributed by atoms with Crippen LogP contribution in [0.5, 0.6) is 23.0 Å². The number of methoxy groups -OCH3 is 2. The average Bonchev–Trinajstić information content (AvgIpc) is 2.70. The van der Waals surface area contributed by atoms with Crippen LogP contribution in [0.1, 0.15) is 0 Å². The Morgan fingerprint density at radius 2 is 1.04 bits per heavy atom. The lowest BCUT2D eigenvalue weighted by atomic mass is 10.3.